The molecule has 0 unspecified atom stereocenters. The molecule has 5 nitrogen and oxygen atoms in total. The molecule has 1 aromatic carbocycles. The summed E-state index contributed by atoms with van der Waals surface area (Å²) in [5.74, 6) is 2.12. The van der Waals surface area contributed by atoms with Crippen LogP contribution in [0.2, 0.25) is 0 Å². The zero-order valence-electron chi connectivity index (χ0n) is 11.8. The molecule has 0 amide bonds. The third-order valence-electron chi connectivity index (χ3n) is 3.77. The number of aromatic nitrogens is 3. The average Bonchev–Trinajstić information content (AvgIpc) is 3.13. The summed E-state index contributed by atoms with van der Waals surface area (Å²) in [6.07, 6.45) is 4.01. The normalized spacial score (nSPS) is 19.3. The number of para-hydroxylation sites is 2. The van der Waals surface area contributed by atoms with Crippen LogP contribution in [-0.4, -0.2) is 32.8 Å². The van der Waals surface area contributed by atoms with E-state index in [4.69, 9.17) is 4.42 Å². The Labute approximate surface area is 126 Å². The van der Waals surface area contributed by atoms with Crippen LogP contribution in [0.15, 0.2) is 41.1 Å². The van der Waals surface area contributed by atoms with Gasteiger partial charge >= 0.3 is 0 Å². The van der Waals surface area contributed by atoms with Gasteiger partial charge in [0.05, 0.1) is 12.2 Å². The summed E-state index contributed by atoms with van der Waals surface area (Å²) < 4.78 is 7.79. The molecular formula is C15H16N4OS. The molecule has 0 bridgehead atoms. The predicted molar refractivity (Wildman–Crippen MR) is 84.6 cm³/mol. The van der Waals surface area contributed by atoms with Crippen molar-refractivity contribution < 1.29 is 4.42 Å². The standard InChI is InChI=1S/C15H16N4OS/c1-18-9-11(8-16-18)13-10-21-7-6-19(13)15-17-12-4-2-3-5-14(12)20-15/h2-5,8-9,13H,6-7,10H2,1H3/t13-/m1/s1. The monoisotopic (exact) mass is 300 g/mol. The second-order valence-corrected chi connectivity index (χ2v) is 6.35. The second kappa shape index (κ2) is 5.11. The largest absolute Gasteiger partial charge is 0.423 e. The average molecular weight is 300 g/mol. The maximum Gasteiger partial charge on any atom is 0.298 e. The summed E-state index contributed by atoms with van der Waals surface area (Å²) >= 11 is 1.96. The van der Waals surface area contributed by atoms with Crippen LogP contribution in [-0.2, 0) is 7.05 Å². The Bertz CT molecular complexity index is 733. The molecule has 1 fully saturated rings. The molecule has 0 spiro atoms. The van der Waals surface area contributed by atoms with E-state index >= 15 is 0 Å². The lowest BCUT2D eigenvalue weighted by Gasteiger charge is -2.33. The Hall–Kier alpha value is -1.95. The first-order chi connectivity index (χ1) is 10.3. The Morgan fingerprint density at radius 2 is 2.24 bits per heavy atom. The van der Waals surface area contributed by atoms with Crippen molar-refractivity contribution in [3.05, 3.63) is 42.2 Å². The maximum absolute atomic E-state index is 5.94. The molecule has 6 heteroatoms. The molecule has 4 rings (SSSR count). The minimum Gasteiger partial charge on any atom is -0.423 e. The van der Waals surface area contributed by atoms with Crippen molar-refractivity contribution in [3.63, 3.8) is 0 Å². The topological polar surface area (TPSA) is 47.1 Å². The van der Waals surface area contributed by atoms with Gasteiger partial charge in [-0.15, -0.1) is 0 Å². The molecule has 0 aliphatic carbocycles. The van der Waals surface area contributed by atoms with Crippen LogP contribution < -0.4 is 4.90 Å². The van der Waals surface area contributed by atoms with E-state index in [1.807, 2.05) is 54.0 Å². The minimum absolute atomic E-state index is 0.269. The van der Waals surface area contributed by atoms with Crippen molar-refractivity contribution in [2.75, 3.05) is 23.0 Å². The van der Waals surface area contributed by atoms with E-state index in [9.17, 15) is 0 Å². The number of aryl methyl sites for hydroxylation is 1. The van der Waals surface area contributed by atoms with Crippen molar-refractivity contribution in [1.82, 2.24) is 14.8 Å². The minimum atomic E-state index is 0.269. The van der Waals surface area contributed by atoms with Gasteiger partial charge < -0.3 is 9.32 Å². The fraction of sp³-hybridized carbons (Fsp3) is 0.333. The summed E-state index contributed by atoms with van der Waals surface area (Å²) in [5.41, 5.74) is 2.97. The van der Waals surface area contributed by atoms with Crippen LogP contribution in [0, 0.1) is 0 Å². The van der Waals surface area contributed by atoms with E-state index in [-0.39, 0.29) is 6.04 Å². The first-order valence-electron chi connectivity index (χ1n) is 7.00. The number of oxazole rings is 1. The van der Waals surface area contributed by atoms with E-state index in [0.717, 1.165) is 29.2 Å². The van der Waals surface area contributed by atoms with Gasteiger partial charge in [0.25, 0.3) is 6.01 Å². The van der Waals surface area contributed by atoms with Crippen molar-refractivity contribution in [1.29, 1.82) is 0 Å². The van der Waals surface area contributed by atoms with Gasteiger partial charge in [-0.05, 0) is 12.1 Å². The summed E-state index contributed by atoms with van der Waals surface area (Å²) in [7, 11) is 1.95. The van der Waals surface area contributed by atoms with Crippen LogP contribution in [0.3, 0.4) is 0 Å². The van der Waals surface area contributed by atoms with Crippen molar-refractivity contribution in [2.45, 2.75) is 6.04 Å². The molecule has 0 N–H and O–H groups in total. The smallest absolute Gasteiger partial charge is 0.298 e. The van der Waals surface area contributed by atoms with Gasteiger partial charge in [0.15, 0.2) is 5.58 Å². The van der Waals surface area contributed by atoms with E-state index in [0.29, 0.717) is 6.01 Å². The predicted octanol–water partition coefficient (Wildman–Crippen LogP) is 2.86. The van der Waals surface area contributed by atoms with Crippen LogP contribution in [0.1, 0.15) is 11.6 Å². The molecule has 1 aliphatic rings. The van der Waals surface area contributed by atoms with Gasteiger partial charge in [-0.3, -0.25) is 4.68 Å². The summed E-state index contributed by atoms with van der Waals surface area (Å²) in [6.45, 7) is 0.942. The first kappa shape index (κ1) is 12.8. The molecule has 3 aromatic rings. The molecule has 2 aromatic heterocycles. The fourth-order valence-corrected chi connectivity index (χ4v) is 3.79. The quantitative estimate of drug-likeness (QED) is 0.728. The van der Waals surface area contributed by atoms with Crippen LogP contribution in [0.4, 0.5) is 6.01 Å². The zero-order chi connectivity index (χ0) is 14.2. The molecule has 1 saturated heterocycles. The third-order valence-corrected chi connectivity index (χ3v) is 4.79. The highest BCUT2D eigenvalue weighted by Gasteiger charge is 2.28. The van der Waals surface area contributed by atoms with E-state index in [2.05, 4.69) is 21.2 Å². The van der Waals surface area contributed by atoms with E-state index < -0.39 is 0 Å². The number of fused-ring (bicyclic) bond motifs is 1. The Balaban J connectivity index is 1.73. The number of hydrogen-bond donors (Lipinski definition) is 0. The summed E-state index contributed by atoms with van der Waals surface area (Å²) in [5, 5.41) is 4.29. The van der Waals surface area contributed by atoms with E-state index in [1.165, 1.54) is 5.56 Å². The number of thioether (sulfide) groups is 1. The maximum atomic E-state index is 5.94. The van der Waals surface area contributed by atoms with E-state index in [1.54, 1.807) is 0 Å². The van der Waals surface area contributed by atoms with Gasteiger partial charge in [-0.25, -0.2) is 0 Å². The summed E-state index contributed by atoms with van der Waals surface area (Å²) in [4.78, 5) is 6.90. The molecule has 0 radical (unpaired) electrons. The summed E-state index contributed by atoms with van der Waals surface area (Å²) in [6, 6.07) is 8.89. The molecule has 3 heterocycles. The molecule has 0 saturated carbocycles. The Kier molecular flexibility index (Phi) is 3.11. The number of nitrogens with zero attached hydrogens (tertiary/aromatic N) is 4. The Morgan fingerprint density at radius 3 is 3.05 bits per heavy atom. The van der Waals surface area contributed by atoms with Crippen LogP contribution in [0.5, 0.6) is 0 Å². The SMILES string of the molecule is Cn1cc([C@H]2CSCCN2c2nc3ccccc3o2)cn1. The molecule has 108 valence electrons. The van der Waals surface area contributed by atoms with Crippen molar-refractivity contribution in [3.8, 4) is 0 Å². The fourth-order valence-electron chi connectivity index (χ4n) is 2.70. The van der Waals surface area contributed by atoms with Gasteiger partial charge in [-0.1, -0.05) is 12.1 Å². The van der Waals surface area contributed by atoms with Crippen molar-refractivity contribution >= 4 is 28.9 Å². The van der Waals surface area contributed by atoms with Crippen LogP contribution >= 0.6 is 11.8 Å². The van der Waals surface area contributed by atoms with Gasteiger partial charge in [-0.2, -0.15) is 21.8 Å². The van der Waals surface area contributed by atoms with Crippen molar-refractivity contribution in [2.24, 2.45) is 7.05 Å². The van der Waals surface area contributed by atoms with Gasteiger partial charge in [0, 0.05) is 36.9 Å². The number of rotatable bonds is 2. The van der Waals surface area contributed by atoms with Gasteiger partial charge in [0.1, 0.15) is 5.52 Å². The molecular weight excluding hydrogens is 284 g/mol. The zero-order valence-corrected chi connectivity index (χ0v) is 12.6. The molecule has 1 aliphatic heterocycles. The third kappa shape index (κ3) is 2.29. The first-order valence-corrected chi connectivity index (χ1v) is 8.15. The highest BCUT2D eigenvalue weighted by Crippen LogP contribution is 2.34. The molecule has 21 heavy (non-hydrogen) atoms. The van der Waals surface area contributed by atoms with Gasteiger partial charge in [0.2, 0.25) is 0 Å². The Morgan fingerprint density at radius 1 is 1.33 bits per heavy atom. The lowest BCUT2D eigenvalue weighted by Crippen LogP contribution is -2.36. The second-order valence-electron chi connectivity index (χ2n) is 5.20. The lowest BCUT2D eigenvalue weighted by atomic mass is 10.1. The highest BCUT2D eigenvalue weighted by molar-refractivity contribution is 7.99. The number of anilines is 1. The molecule has 1 atom stereocenters. The number of hydrogen-bond acceptors (Lipinski definition) is 5. The number of benzene rings is 1. The lowest BCUT2D eigenvalue weighted by molar-refractivity contribution is 0.538. The van der Waals surface area contributed by atoms with Crippen LogP contribution in [0.25, 0.3) is 11.1 Å². The highest BCUT2D eigenvalue weighted by atomic mass is 32.2.